The SMILES string of the molecule is Cc1ccc2oc(=O)cc(CNC(=O)COc3c(F)c(F)c(F)c(F)c3F)c2c1. The van der Waals surface area contributed by atoms with Gasteiger partial charge in [0.2, 0.25) is 29.1 Å². The standard InChI is InChI=1S/C19H12F5NO4/c1-8-2-3-11-10(4-8)9(5-13(27)29-11)6-25-12(26)7-28-19-17(23)15(21)14(20)16(22)18(19)24/h2-5H,6-7H2,1H3,(H,25,26). The molecule has 0 aliphatic heterocycles. The lowest BCUT2D eigenvalue weighted by atomic mass is 10.1. The van der Waals surface area contributed by atoms with Gasteiger partial charge in [0.1, 0.15) is 5.58 Å². The summed E-state index contributed by atoms with van der Waals surface area (Å²) in [4.78, 5) is 23.5. The Morgan fingerprint density at radius 1 is 1.00 bits per heavy atom. The maximum atomic E-state index is 13.5. The van der Waals surface area contributed by atoms with Gasteiger partial charge < -0.3 is 14.5 Å². The summed E-state index contributed by atoms with van der Waals surface area (Å²) in [5.74, 6) is -13.5. The molecule has 1 N–H and O–H groups in total. The highest BCUT2D eigenvalue weighted by Gasteiger charge is 2.27. The summed E-state index contributed by atoms with van der Waals surface area (Å²) in [7, 11) is 0. The van der Waals surface area contributed by atoms with Crippen LogP contribution < -0.4 is 15.7 Å². The number of amides is 1. The number of hydrogen-bond acceptors (Lipinski definition) is 4. The van der Waals surface area contributed by atoms with E-state index in [1.807, 2.05) is 6.92 Å². The van der Waals surface area contributed by atoms with Gasteiger partial charge >= 0.3 is 5.63 Å². The molecule has 0 radical (unpaired) electrons. The van der Waals surface area contributed by atoms with E-state index >= 15 is 0 Å². The van der Waals surface area contributed by atoms with E-state index in [2.05, 4.69) is 10.1 Å². The van der Waals surface area contributed by atoms with Crippen molar-refractivity contribution >= 4 is 16.9 Å². The van der Waals surface area contributed by atoms with E-state index in [-0.39, 0.29) is 6.54 Å². The normalized spacial score (nSPS) is 11.0. The van der Waals surface area contributed by atoms with Gasteiger partial charge in [-0.1, -0.05) is 11.6 Å². The van der Waals surface area contributed by atoms with E-state index < -0.39 is 53.0 Å². The maximum absolute atomic E-state index is 13.5. The Bertz CT molecular complexity index is 1150. The zero-order valence-electron chi connectivity index (χ0n) is 14.7. The summed E-state index contributed by atoms with van der Waals surface area (Å²) >= 11 is 0. The average molecular weight is 413 g/mol. The average Bonchev–Trinajstić information content (AvgIpc) is 2.69. The molecule has 0 saturated carbocycles. The number of carbonyl (C=O) groups excluding carboxylic acids is 1. The van der Waals surface area contributed by atoms with Crippen molar-refractivity contribution in [3.8, 4) is 5.75 Å². The first-order chi connectivity index (χ1) is 13.7. The van der Waals surface area contributed by atoms with Gasteiger partial charge in [-0.3, -0.25) is 4.79 Å². The number of nitrogens with one attached hydrogen (secondary N) is 1. The van der Waals surface area contributed by atoms with Crippen molar-refractivity contribution in [1.82, 2.24) is 5.32 Å². The monoisotopic (exact) mass is 413 g/mol. The first-order valence-electron chi connectivity index (χ1n) is 8.13. The lowest BCUT2D eigenvalue weighted by molar-refractivity contribution is -0.123. The van der Waals surface area contributed by atoms with Crippen molar-refractivity contribution < 1.29 is 35.9 Å². The number of aryl methyl sites for hydroxylation is 1. The van der Waals surface area contributed by atoms with Crippen LogP contribution in [0.15, 0.2) is 33.5 Å². The highest BCUT2D eigenvalue weighted by atomic mass is 19.2. The molecule has 0 atom stereocenters. The van der Waals surface area contributed by atoms with Crippen molar-refractivity contribution in [3.63, 3.8) is 0 Å². The van der Waals surface area contributed by atoms with Gasteiger partial charge in [0.25, 0.3) is 5.91 Å². The summed E-state index contributed by atoms with van der Waals surface area (Å²) in [5, 5.41) is 2.90. The number of carbonyl (C=O) groups is 1. The van der Waals surface area contributed by atoms with Crippen molar-refractivity contribution in [1.29, 1.82) is 0 Å². The second-order valence-corrected chi connectivity index (χ2v) is 6.05. The highest BCUT2D eigenvalue weighted by Crippen LogP contribution is 2.29. The van der Waals surface area contributed by atoms with Crippen molar-refractivity contribution in [3.05, 3.63) is 74.9 Å². The minimum absolute atomic E-state index is 0.162. The third-order valence-corrected chi connectivity index (χ3v) is 3.98. The van der Waals surface area contributed by atoms with E-state index in [4.69, 9.17) is 4.42 Å². The number of fused-ring (bicyclic) bond motifs is 1. The van der Waals surface area contributed by atoms with Gasteiger partial charge in [0.05, 0.1) is 0 Å². The second kappa shape index (κ2) is 7.90. The van der Waals surface area contributed by atoms with E-state index in [1.54, 1.807) is 18.2 Å². The lowest BCUT2D eigenvalue weighted by Crippen LogP contribution is -2.29. The Hall–Kier alpha value is -3.43. The number of ether oxygens (including phenoxy) is 1. The van der Waals surface area contributed by atoms with Gasteiger partial charge in [-0.15, -0.1) is 0 Å². The molecule has 1 heterocycles. The van der Waals surface area contributed by atoms with Crippen LogP contribution >= 0.6 is 0 Å². The predicted molar refractivity (Wildman–Crippen MR) is 90.8 cm³/mol. The molecule has 29 heavy (non-hydrogen) atoms. The third kappa shape index (κ3) is 4.05. The first-order valence-corrected chi connectivity index (χ1v) is 8.13. The number of benzene rings is 2. The van der Waals surface area contributed by atoms with Crippen LogP contribution in [0.3, 0.4) is 0 Å². The molecule has 0 unspecified atom stereocenters. The van der Waals surface area contributed by atoms with E-state index in [0.717, 1.165) is 11.6 Å². The van der Waals surface area contributed by atoms with Crippen LogP contribution in [0, 0.1) is 36.0 Å². The zero-order valence-corrected chi connectivity index (χ0v) is 14.7. The van der Waals surface area contributed by atoms with Crippen LogP contribution in [0.2, 0.25) is 0 Å². The van der Waals surface area contributed by atoms with Crippen molar-refractivity contribution in [2.24, 2.45) is 0 Å². The van der Waals surface area contributed by atoms with Crippen LogP contribution in [0.5, 0.6) is 5.75 Å². The number of hydrogen-bond donors (Lipinski definition) is 1. The molecule has 152 valence electrons. The third-order valence-electron chi connectivity index (χ3n) is 3.98. The molecule has 0 aliphatic carbocycles. The molecule has 5 nitrogen and oxygen atoms in total. The molecule has 0 bridgehead atoms. The molecular formula is C19H12F5NO4. The van der Waals surface area contributed by atoms with Crippen molar-refractivity contribution in [2.75, 3.05) is 6.61 Å². The molecule has 2 aromatic carbocycles. The summed E-state index contributed by atoms with van der Waals surface area (Å²) in [5.41, 5.74) is 0.923. The minimum atomic E-state index is -2.33. The highest BCUT2D eigenvalue weighted by molar-refractivity contribution is 5.82. The Kier molecular flexibility index (Phi) is 5.53. The van der Waals surface area contributed by atoms with E-state index in [0.29, 0.717) is 16.5 Å². The molecule has 0 saturated heterocycles. The fourth-order valence-corrected chi connectivity index (χ4v) is 2.58. The largest absolute Gasteiger partial charge is 0.477 e. The van der Waals surface area contributed by atoms with E-state index in [9.17, 15) is 31.5 Å². The van der Waals surface area contributed by atoms with E-state index in [1.165, 1.54) is 0 Å². The van der Waals surface area contributed by atoms with Gasteiger partial charge in [-0.25, -0.2) is 18.0 Å². The molecular weight excluding hydrogens is 401 g/mol. The molecule has 3 aromatic rings. The Morgan fingerprint density at radius 2 is 1.62 bits per heavy atom. The summed E-state index contributed by atoms with van der Waals surface area (Å²) < 4.78 is 75.9. The van der Waals surface area contributed by atoms with Gasteiger partial charge in [-0.2, -0.15) is 8.78 Å². The Balaban J connectivity index is 1.73. The zero-order chi connectivity index (χ0) is 21.3. The molecule has 1 amide bonds. The van der Waals surface area contributed by atoms with Crippen LogP contribution in [-0.4, -0.2) is 12.5 Å². The smallest absolute Gasteiger partial charge is 0.336 e. The second-order valence-electron chi connectivity index (χ2n) is 6.05. The minimum Gasteiger partial charge on any atom is -0.477 e. The number of halogens is 5. The van der Waals surface area contributed by atoms with Crippen molar-refractivity contribution in [2.45, 2.75) is 13.5 Å². The Labute approximate surface area is 159 Å². The fraction of sp³-hybridized carbons (Fsp3) is 0.158. The summed E-state index contributed by atoms with van der Waals surface area (Å²) in [6.45, 7) is 0.631. The van der Waals surface area contributed by atoms with Gasteiger partial charge in [-0.05, 0) is 24.6 Å². The van der Waals surface area contributed by atoms with Crippen LogP contribution in [0.25, 0.3) is 11.0 Å². The predicted octanol–water partition coefficient (Wildman–Crippen LogP) is 3.49. The molecule has 1 aromatic heterocycles. The molecule has 0 spiro atoms. The van der Waals surface area contributed by atoms with Gasteiger partial charge in [0, 0.05) is 18.0 Å². The van der Waals surface area contributed by atoms with Gasteiger partial charge in [0.15, 0.2) is 12.4 Å². The Morgan fingerprint density at radius 3 is 2.28 bits per heavy atom. The summed E-state index contributed by atoms with van der Waals surface area (Å²) in [6, 6.07) is 6.20. The quantitative estimate of drug-likeness (QED) is 0.301. The van der Waals surface area contributed by atoms with Crippen LogP contribution in [0.1, 0.15) is 11.1 Å². The summed E-state index contributed by atoms with van der Waals surface area (Å²) in [6.07, 6.45) is 0. The lowest BCUT2D eigenvalue weighted by Gasteiger charge is -2.11. The first kappa shape index (κ1) is 20.3. The molecule has 0 fully saturated rings. The molecule has 3 rings (SSSR count). The molecule has 0 aliphatic rings. The van der Waals surface area contributed by atoms with Crippen LogP contribution in [0.4, 0.5) is 22.0 Å². The maximum Gasteiger partial charge on any atom is 0.336 e. The number of rotatable bonds is 5. The molecule has 10 heteroatoms. The van der Waals surface area contributed by atoms with Crippen LogP contribution in [-0.2, 0) is 11.3 Å². The topological polar surface area (TPSA) is 68.5 Å². The fourth-order valence-electron chi connectivity index (χ4n) is 2.58.